The summed E-state index contributed by atoms with van der Waals surface area (Å²) >= 11 is 3.58. The number of hydrogen-bond donors (Lipinski definition) is 2. The first-order valence-electron chi connectivity index (χ1n) is 6.30. The van der Waals surface area contributed by atoms with Crippen molar-refractivity contribution >= 4 is 33.1 Å². The average Bonchev–Trinajstić information content (AvgIpc) is 2.63. The lowest BCUT2D eigenvalue weighted by atomic mass is 10.1. The van der Waals surface area contributed by atoms with Gasteiger partial charge in [-0.15, -0.1) is 0 Å². The summed E-state index contributed by atoms with van der Waals surface area (Å²) in [5.74, 6) is 0.862. The van der Waals surface area contributed by atoms with Crippen molar-refractivity contribution in [2.24, 2.45) is 0 Å². The average molecular weight is 323 g/mol. The van der Waals surface area contributed by atoms with Gasteiger partial charge in [0.05, 0.1) is 11.4 Å². The van der Waals surface area contributed by atoms with Crippen LogP contribution >= 0.6 is 15.9 Å². The molecule has 0 unspecified atom stereocenters. The second kappa shape index (κ2) is 5.25. The Bertz CT molecular complexity index is 593. The predicted octanol–water partition coefficient (Wildman–Crippen LogP) is 3.92. The van der Waals surface area contributed by atoms with Gasteiger partial charge in [0, 0.05) is 16.7 Å². The number of hydrogen-bond acceptors (Lipinski definition) is 3. The number of aromatic nitrogens is 2. The molecule has 0 bridgehead atoms. The van der Waals surface area contributed by atoms with Gasteiger partial charge in [0.1, 0.15) is 0 Å². The number of anilines is 3. The van der Waals surface area contributed by atoms with Gasteiger partial charge < -0.3 is 11.1 Å². The van der Waals surface area contributed by atoms with Gasteiger partial charge in [-0.05, 0) is 51.0 Å². The molecule has 0 aliphatic carbocycles. The van der Waals surface area contributed by atoms with E-state index in [0.29, 0.717) is 5.69 Å². The van der Waals surface area contributed by atoms with Crippen LogP contribution in [0.5, 0.6) is 0 Å². The Kier molecular flexibility index (Phi) is 3.85. The molecule has 0 aliphatic heterocycles. The number of rotatable bonds is 3. The summed E-state index contributed by atoms with van der Waals surface area (Å²) in [6.45, 7) is 8.91. The molecule has 4 nitrogen and oxygen atoms in total. The monoisotopic (exact) mass is 322 g/mol. The Morgan fingerprint density at radius 3 is 2.37 bits per heavy atom. The highest BCUT2D eigenvalue weighted by Gasteiger charge is 2.12. The Morgan fingerprint density at radius 1 is 1.26 bits per heavy atom. The largest absolute Gasteiger partial charge is 0.394 e. The van der Waals surface area contributed by atoms with Gasteiger partial charge in [0.2, 0.25) is 0 Å². The van der Waals surface area contributed by atoms with Crippen molar-refractivity contribution in [3.8, 4) is 0 Å². The summed E-state index contributed by atoms with van der Waals surface area (Å²) in [5, 5.41) is 7.78. The van der Waals surface area contributed by atoms with Gasteiger partial charge in [0.25, 0.3) is 0 Å². The zero-order valence-electron chi connectivity index (χ0n) is 11.7. The summed E-state index contributed by atoms with van der Waals surface area (Å²) in [4.78, 5) is 0. The van der Waals surface area contributed by atoms with Crippen LogP contribution in [-0.2, 0) is 6.54 Å². The van der Waals surface area contributed by atoms with E-state index in [4.69, 9.17) is 5.73 Å². The minimum atomic E-state index is 0.708. The molecule has 0 atom stereocenters. The molecule has 0 saturated carbocycles. The Hall–Kier alpha value is -1.49. The zero-order chi connectivity index (χ0) is 14.2. The molecule has 0 amide bonds. The molecular formula is C14H19BrN4. The molecule has 1 aromatic heterocycles. The fraction of sp³-hybridized carbons (Fsp3) is 0.357. The van der Waals surface area contributed by atoms with Crippen LogP contribution in [0.4, 0.5) is 17.2 Å². The molecular weight excluding hydrogens is 304 g/mol. The van der Waals surface area contributed by atoms with Crippen LogP contribution in [-0.4, -0.2) is 9.78 Å². The molecule has 3 N–H and O–H groups in total. The zero-order valence-corrected chi connectivity index (χ0v) is 13.3. The van der Waals surface area contributed by atoms with Crippen LogP contribution in [0.3, 0.4) is 0 Å². The first-order valence-corrected chi connectivity index (χ1v) is 7.10. The molecule has 5 heteroatoms. The Labute approximate surface area is 122 Å². The highest BCUT2D eigenvalue weighted by molar-refractivity contribution is 9.10. The van der Waals surface area contributed by atoms with Crippen molar-refractivity contribution in [3.05, 3.63) is 33.4 Å². The van der Waals surface area contributed by atoms with E-state index in [1.807, 2.05) is 11.6 Å². The lowest BCUT2D eigenvalue weighted by Crippen LogP contribution is -2.04. The van der Waals surface area contributed by atoms with Crippen molar-refractivity contribution in [2.45, 2.75) is 34.2 Å². The molecule has 0 radical (unpaired) electrons. The molecule has 2 rings (SSSR count). The van der Waals surface area contributed by atoms with E-state index in [1.165, 1.54) is 11.1 Å². The number of benzene rings is 1. The minimum Gasteiger partial charge on any atom is -0.394 e. The van der Waals surface area contributed by atoms with Gasteiger partial charge >= 0.3 is 0 Å². The summed E-state index contributed by atoms with van der Waals surface area (Å²) < 4.78 is 3.03. The molecule has 1 aromatic carbocycles. The number of nitrogens with one attached hydrogen (secondary N) is 1. The van der Waals surface area contributed by atoms with Crippen LogP contribution in [0.25, 0.3) is 0 Å². The number of nitrogens with zero attached hydrogens (tertiary/aromatic N) is 2. The number of halogens is 1. The van der Waals surface area contributed by atoms with Crippen molar-refractivity contribution in [1.82, 2.24) is 9.78 Å². The maximum Gasteiger partial charge on any atom is 0.152 e. The smallest absolute Gasteiger partial charge is 0.152 e. The molecule has 2 aromatic rings. The first kappa shape index (κ1) is 13.9. The summed E-state index contributed by atoms with van der Waals surface area (Å²) in [6, 6.07) is 4.19. The van der Waals surface area contributed by atoms with E-state index < -0.39 is 0 Å². The molecule has 102 valence electrons. The van der Waals surface area contributed by atoms with Gasteiger partial charge in [-0.2, -0.15) is 5.10 Å². The van der Waals surface area contributed by atoms with E-state index >= 15 is 0 Å². The van der Waals surface area contributed by atoms with E-state index in [-0.39, 0.29) is 0 Å². The molecule has 1 heterocycles. The van der Waals surface area contributed by atoms with E-state index in [0.717, 1.165) is 28.2 Å². The molecule has 0 spiro atoms. The lowest BCUT2D eigenvalue weighted by Gasteiger charge is -2.12. The van der Waals surface area contributed by atoms with Crippen LogP contribution in [0.2, 0.25) is 0 Å². The van der Waals surface area contributed by atoms with Crippen LogP contribution in [0.15, 0.2) is 16.6 Å². The predicted molar refractivity (Wildman–Crippen MR) is 83.9 cm³/mol. The highest BCUT2D eigenvalue weighted by Crippen LogP contribution is 2.30. The normalized spacial score (nSPS) is 10.8. The van der Waals surface area contributed by atoms with Crippen LogP contribution < -0.4 is 11.1 Å². The summed E-state index contributed by atoms with van der Waals surface area (Å²) in [7, 11) is 0. The lowest BCUT2D eigenvalue weighted by molar-refractivity contribution is 0.661. The summed E-state index contributed by atoms with van der Waals surface area (Å²) in [6.07, 6.45) is 0. The topological polar surface area (TPSA) is 55.9 Å². The van der Waals surface area contributed by atoms with Gasteiger partial charge in [-0.1, -0.05) is 15.9 Å². The highest BCUT2D eigenvalue weighted by atomic mass is 79.9. The second-order valence-corrected chi connectivity index (χ2v) is 5.51. The van der Waals surface area contributed by atoms with Crippen LogP contribution in [0, 0.1) is 20.8 Å². The maximum atomic E-state index is 6.08. The third-order valence-electron chi connectivity index (χ3n) is 3.17. The standard InChI is InChI=1S/C14H19BrN4/c1-5-19-14(13(16)10(4)18-19)17-11-6-8(2)12(15)9(3)7-11/h6-7,17H,5,16H2,1-4H3. The van der Waals surface area contributed by atoms with Gasteiger partial charge in [-0.3, -0.25) is 0 Å². The van der Waals surface area contributed by atoms with E-state index in [1.54, 1.807) is 0 Å². The molecule has 0 saturated heterocycles. The third kappa shape index (κ3) is 2.61. The summed E-state index contributed by atoms with van der Waals surface area (Å²) in [5.41, 5.74) is 11.1. The van der Waals surface area contributed by atoms with Crippen molar-refractivity contribution in [1.29, 1.82) is 0 Å². The van der Waals surface area contributed by atoms with E-state index in [9.17, 15) is 0 Å². The number of aryl methyl sites for hydroxylation is 4. The van der Waals surface area contributed by atoms with Crippen LogP contribution in [0.1, 0.15) is 23.7 Å². The Morgan fingerprint density at radius 2 is 1.84 bits per heavy atom. The number of nitrogen functional groups attached to an aromatic ring is 1. The molecule has 0 aliphatic rings. The molecule has 0 fully saturated rings. The SMILES string of the molecule is CCn1nc(C)c(N)c1Nc1cc(C)c(Br)c(C)c1. The maximum absolute atomic E-state index is 6.08. The fourth-order valence-corrected chi connectivity index (χ4v) is 2.34. The van der Waals surface area contributed by atoms with Crippen molar-refractivity contribution in [3.63, 3.8) is 0 Å². The first-order chi connectivity index (χ1) is 8.93. The quantitative estimate of drug-likeness (QED) is 0.900. The van der Waals surface area contributed by atoms with E-state index in [2.05, 4.69) is 59.2 Å². The fourth-order valence-electron chi connectivity index (χ4n) is 2.11. The van der Waals surface area contributed by atoms with Crippen molar-refractivity contribution < 1.29 is 0 Å². The second-order valence-electron chi connectivity index (χ2n) is 4.71. The van der Waals surface area contributed by atoms with Crippen molar-refractivity contribution in [2.75, 3.05) is 11.1 Å². The third-order valence-corrected chi connectivity index (χ3v) is 4.42. The molecule has 19 heavy (non-hydrogen) atoms. The van der Waals surface area contributed by atoms with Gasteiger partial charge in [-0.25, -0.2) is 4.68 Å². The number of nitrogens with two attached hydrogens (primary N) is 1. The Balaban J connectivity index is 2.41. The minimum absolute atomic E-state index is 0.708. The van der Waals surface area contributed by atoms with Gasteiger partial charge in [0.15, 0.2) is 5.82 Å².